The van der Waals surface area contributed by atoms with Crippen molar-refractivity contribution in [3.05, 3.63) is 23.2 Å². The molecule has 17 heavy (non-hydrogen) atoms. The summed E-state index contributed by atoms with van der Waals surface area (Å²) in [7, 11) is 0. The van der Waals surface area contributed by atoms with Crippen LogP contribution >= 0.6 is 0 Å². The van der Waals surface area contributed by atoms with Crippen LogP contribution in [0.15, 0.2) is 10.5 Å². The Hall–Kier alpha value is -0.760. The van der Waals surface area contributed by atoms with E-state index in [4.69, 9.17) is 4.42 Å². The van der Waals surface area contributed by atoms with Crippen LogP contribution < -0.4 is 0 Å². The molecule has 2 heteroatoms. The maximum absolute atomic E-state index is 10.6. The van der Waals surface area contributed by atoms with Crippen molar-refractivity contribution in [2.24, 2.45) is 5.41 Å². The molecule has 1 atom stereocenters. The number of hydrogen-bond acceptors (Lipinski definition) is 2. The van der Waals surface area contributed by atoms with Crippen molar-refractivity contribution < 1.29 is 9.52 Å². The van der Waals surface area contributed by atoms with Crippen LogP contribution in [0.1, 0.15) is 65.0 Å². The van der Waals surface area contributed by atoms with Crippen molar-refractivity contribution >= 4 is 0 Å². The van der Waals surface area contributed by atoms with Crippen LogP contribution in [-0.2, 0) is 17.4 Å². The standard InChI is InChI=1S/C15H24O2/c1-13(2,3)12-7-10-11(17-12)8-14(4,5)9-15(10,6)16/h7,16H,8-9H2,1-6H3. The quantitative estimate of drug-likeness (QED) is 0.744. The fourth-order valence-electron chi connectivity index (χ4n) is 2.91. The zero-order valence-corrected chi connectivity index (χ0v) is 11.8. The summed E-state index contributed by atoms with van der Waals surface area (Å²) in [5, 5.41) is 10.6. The summed E-state index contributed by atoms with van der Waals surface area (Å²) in [6.07, 6.45) is 1.70. The molecular weight excluding hydrogens is 212 g/mol. The number of aliphatic hydroxyl groups is 1. The topological polar surface area (TPSA) is 33.4 Å². The minimum Gasteiger partial charge on any atom is -0.465 e. The van der Waals surface area contributed by atoms with Gasteiger partial charge in [-0.3, -0.25) is 0 Å². The highest BCUT2D eigenvalue weighted by Crippen LogP contribution is 2.46. The number of hydrogen-bond donors (Lipinski definition) is 1. The Morgan fingerprint density at radius 2 is 1.82 bits per heavy atom. The summed E-state index contributed by atoms with van der Waals surface area (Å²) in [4.78, 5) is 0. The number of rotatable bonds is 0. The molecule has 1 unspecified atom stereocenters. The van der Waals surface area contributed by atoms with E-state index in [1.807, 2.05) is 13.0 Å². The molecule has 0 saturated heterocycles. The second kappa shape index (κ2) is 3.38. The van der Waals surface area contributed by atoms with Crippen LogP contribution in [0, 0.1) is 5.41 Å². The average Bonchev–Trinajstić information content (AvgIpc) is 2.42. The first kappa shape index (κ1) is 12.7. The highest BCUT2D eigenvalue weighted by molar-refractivity contribution is 5.33. The van der Waals surface area contributed by atoms with Crippen LogP contribution in [0.4, 0.5) is 0 Å². The summed E-state index contributed by atoms with van der Waals surface area (Å²) in [5.74, 6) is 1.94. The zero-order chi connectivity index (χ0) is 13.1. The molecule has 1 aromatic rings. The Labute approximate surface area is 104 Å². The van der Waals surface area contributed by atoms with Gasteiger partial charge < -0.3 is 9.52 Å². The molecule has 0 aromatic carbocycles. The van der Waals surface area contributed by atoms with Crippen molar-refractivity contribution in [2.75, 3.05) is 0 Å². The second-order valence-electron chi connectivity index (χ2n) is 7.49. The molecule has 0 spiro atoms. The van der Waals surface area contributed by atoms with Gasteiger partial charge in [-0.05, 0) is 24.8 Å². The van der Waals surface area contributed by atoms with E-state index >= 15 is 0 Å². The van der Waals surface area contributed by atoms with Crippen molar-refractivity contribution in [1.29, 1.82) is 0 Å². The van der Waals surface area contributed by atoms with Crippen molar-refractivity contribution in [2.45, 2.75) is 65.4 Å². The normalized spacial score (nSPS) is 27.9. The molecule has 0 radical (unpaired) electrons. The van der Waals surface area contributed by atoms with E-state index in [0.717, 1.165) is 29.9 Å². The summed E-state index contributed by atoms with van der Waals surface area (Å²) in [6.45, 7) is 12.7. The largest absolute Gasteiger partial charge is 0.465 e. The van der Waals surface area contributed by atoms with Gasteiger partial charge in [0.2, 0.25) is 0 Å². The highest BCUT2D eigenvalue weighted by atomic mass is 16.3. The van der Waals surface area contributed by atoms with Gasteiger partial charge in [-0.2, -0.15) is 0 Å². The third-order valence-electron chi connectivity index (χ3n) is 3.59. The minimum atomic E-state index is -0.760. The molecule has 0 saturated carbocycles. The maximum Gasteiger partial charge on any atom is 0.110 e. The third-order valence-corrected chi connectivity index (χ3v) is 3.59. The van der Waals surface area contributed by atoms with Crippen LogP contribution in [0.5, 0.6) is 0 Å². The first-order valence-corrected chi connectivity index (χ1v) is 6.37. The van der Waals surface area contributed by atoms with Crippen LogP contribution in [0.2, 0.25) is 0 Å². The molecule has 0 fully saturated rings. The molecule has 96 valence electrons. The fourth-order valence-corrected chi connectivity index (χ4v) is 2.91. The summed E-state index contributed by atoms with van der Waals surface area (Å²) in [6, 6.07) is 2.05. The maximum atomic E-state index is 10.6. The molecule has 1 aliphatic rings. The molecule has 1 heterocycles. The van der Waals surface area contributed by atoms with Crippen LogP contribution in [0.25, 0.3) is 0 Å². The lowest BCUT2D eigenvalue weighted by atomic mass is 9.70. The number of fused-ring (bicyclic) bond motifs is 1. The predicted octanol–water partition coefficient (Wildman–Crippen LogP) is 3.76. The molecule has 0 aliphatic heterocycles. The van der Waals surface area contributed by atoms with E-state index in [2.05, 4.69) is 34.6 Å². The monoisotopic (exact) mass is 236 g/mol. The van der Waals surface area contributed by atoms with Crippen molar-refractivity contribution in [1.82, 2.24) is 0 Å². The summed E-state index contributed by atoms with van der Waals surface area (Å²) >= 11 is 0. The lowest BCUT2D eigenvalue weighted by molar-refractivity contribution is -0.00497. The first-order valence-electron chi connectivity index (χ1n) is 6.37. The Balaban J connectivity index is 2.51. The van der Waals surface area contributed by atoms with E-state index in [1.165, 1.54) is 0 Å². The van der Waals surface area contributed by atoms with Gasteiger partial charge in [0, 0.05) is 17.4 Å². The van der Waals surface area contributed by atoms with Gasteiger partial charge in [0.1, 0.15) is 11.5 Å². The molecular formula is C15H24O2. The molecule has 0 amide bonds. The fraction of sp³-hybridized carbons (Fsp3) is 0.733. The molecule has 1 N–H and O–H groups in total. The smallest absolute Gasteiger partial charge is 0.110 e. The predicted molar refractivity (Wildman–Crippen MR) is 69.1 cm³/mol. The molecule has 1 aliphatic carbocycles. The Morgan fingerprint density at radius 1 is 1.24 bits per heavy atom. The van der Waals surface area contributed by atoms with Gasteiger partial charge in [0.15, 0.2) is 0 Å². The van der Waals surface area contributed by atoms with E-state index in [9.17, 15) is 5.11 Å². The van der Waals surface area contributed by atoms with Crippen LogP contribution in [0.3, 0.4) is 0 Å². The van der Waals surface area contributed by atoms with Gasteiger partial charge in [-0.1, -0.05) is 34.6 Å². The van der Waals surface area contributed by atoms with Gasteiger partial charge in [-0.25, -0.2) is 0 Å². The average molecular weight is 236 g/mol. The SMILES string of the molecule is CC1(C)Cc2oc(C(C)(C)C)cc2C(C)(O)C1. The second-order valence-corrected chi connectivity index (χ2v) is 7.49. The van der Waals surface area contributed by atoms with Gasteiger partial charge in [0.05, 0.1) is 5.60 Å². The van der Waals surface area contributed by atoms with E-state index < -0.39 is 5.60 Å². The Kier molecular flexibility index (Phi) is 2.52. The van der Waals surface area contributed by atoms with Gasteiger partial charge in [-0.15, -0.1) is 0 Å². The molecule has 2 rings (SSSR count). The van der Waals surface area contributed by atoms with E-state index in [1.54, 1.807) is 0 Å². The molecule has 1 aromatic heterocycles. The van der Waals surface area contributed by atoms with Crippen LogP contribution in [-0.4, -0.2) is 5.11 Å². The zero-order valence-electron chi connectivity index (χ0n) is 11.8. The number of furan rings is 1. The molecule has 2 nitrogen and oxygen atoms in total. The Bertz CT molecular complexity index is 430. The third kappa shape index (κ3) is 2.28. The highest BCUT2D eigenvalue weighted by Gasteiger charge is 2.42. The lowest BCUT2D eigenvalue weighted by Gasteiger charge is -2.38. The summed E-state index contributed by atoms with van der Waals surface area (Å²) < 4.78 is 5.98. The van der Waals surface area contributed by atoms with E-state index in [0.29, 0.717) is 0 Å². The molecule has 0 bridgehead atoms. The Morgan fingerprint density at radius 3 is 2.35 bits per heavy atom. The first-order chi connectivity index (χ1) is 7.51. The minimum absolute atomic E-state index is 0.00242. The van der Waals surface area contributed by atoms with Gasteiger partial charge in [0.25, 0.3) is 0 Å². The lowest BCUT2D eigenvalue weighted by Crippen LogP contribution is -2.35. The summed E-state index contributed by atoms with van der Waals surface area (Å²) in [5.41, 5.74) is 0.326. The van der Waals surface area contributed by atoms with Gasteiger partial charge >= 0.3 is 0 Å². The van der Waals surface area contributed by atoms with Crippen molar-refractivity contribution in [3.8, 4) is 0 Å². The van der Waals surface area contributed by atoms with Crippen molar-refractivity contribution in [3.63, 3.8) is 0 Å². The van der Waals surface area contributed by atoms with E-state index in [-0.39, 0.29) is 10.8 Å².